The maximum absolute atomic E-state index is 12.1. The van der Waals surface area contributed by atoms with Crippen molar-refractivity contribution in [2.24, 2.45) is 11.1 Å². The van der Waals surface area contributed by atoms with Gasteiger partial charge in [0.1, 0.15) is 0 Å². The molecular weight excluding hydrogens is 207 g/mol. The van der Waals surface area contributed by atoms with Crippen LogP contribution in [-0.4, -0.2) is 46.5 Å². The molecule has 1 rings (SSSR count). The third-order valence-corrected chi connectivity index (χ3v) is 3.13. The van der Waals surface area contributed by atoms with Crippen LogP contribution in [0.15, 0.2) is 0 Å². The van der Waals surface area contributed by atoms with Crippen LogP contribution in [0.4, 0.5) is 0 Å². The van der Waals surface area contributed by atoms with Crippen molar-refractivity contribution in [2.75, 3.05) is 6.54 Å². The minimum atomic E-state index is -1.47. The lowest BCUT2D eigenvalue weighted by atomic mass is 9.77. The van der Waals surface area contributed by atoms with Gasteiger partial charge in [-0.1, -0.05) is 20.8 Å². The Hall–Kier alpha value is -0.585. The first-order chi connectivity index (χ1) is 7.25. The first-order valence-corrected chi connectivity index (χ1v) is 5.67. The van der Waals surface area contributed by atoms with Crippen LogP contribution in [0.1, 0.15) is 33.6 Å². The molecule has 1 saturated heterocycles. The van der Waals surface area contributed by atoms with Gasteiger partial charge < -0.3 is 20.7 Å². The Balaban J connectivity index is 2.74. The van der Waals surface area contributed by atoms with Crippen LogP contribution in [0.3, 0.4) is 0 Å². The number of hydrogen-bond donors (Lipinski definition) is 3. The third kappa shape index (κ3) is 2.75. The van der Waals surface area contributed by atoms with Crippen molar-refractivity contribution in [3.8, 4) is 0 Å². The summed E-state index contributed by atoms with van der Waals surface area (Å²) in [5.41, 5.74) is 5.57. The highest BCUT2D eigenvalue weighted by Crippen LogP contribution is 2.24. The van der Waals surface area contributed by atoms with E-state index in [1.807, 2.05) is 20.8 Å². The highest BCUT2D eigenvalue weighted by Gasteiger charge is 2.40. The first kappa shape index (κ1) is 13.5. The molecule has 5 nitrogen and oxygen atoms in total. The zero-order valence-corrected chi connectivity index (χ0v) is 10.2. The zero-order valence-electron chi connectivity index (χ0n) is 10.2. The molecule has 0 aliphatic carbocycles. The fourth-order valence-corrected chi connectivity index (χ4v) is 1.93. The van der Waals surface area contributed by atoms with Gasteiger partial charge in [-0.25, -0.2) is 0 Å². The highest BCUT2D eigenvalue weighted by molar-refractivity contribution is 6.43. The maximum Gasteiger partial charge on any atom is 0.475 e. The summed E-state index contributed by atoms with van der Waals surface area (Å²) in [6.07, 6.45) is 1.42. The van der Waals surface area contributed by atoms with E-state index in [-0.39, 0.29) is 11.3 Å². The molecular formula is C10H21BN2O3. The number of likely N-dealkylation sites (tertiary alicyclic amines) is 1. The van der Waals surface area contributed by atoms with Crippen molar-refractivity contribution in [3.05, 3.63) is 0 Å². The number of hydrogen-bond acceptors (Lipinski definition) is 4. The molecule has 0 aromatic heterocycles. The molecule has 0 saturated carbocycles. The Kier molecular flexibility index (Phi) is 3.99. The Morgan fingerprint density at radius 1 is 1.50 bits per heavy atom. The van der Waals surface area contributed by atoms with Crippen LogP contribution in [0.25, 0.3) is 0 Å². The van der Waals surface area contributed by atoms with E-state index in [1.54, 1.807) is 0 Å². The van der Waals surface area contributed by atoms with E-state index in [4.69, 9.17) is 5.73 Å². The number of rotatable bonds is 2. The summed E-state index contributed by atoms with van der Waals surface area (Å²) >= 11 is 0. The number of nitrogens with zero attached hydrogens (tertiary/aromatic N) is 1. The summed E-state index contributed by atoms with van der Waals surface area (Å²) in [6, 6.07) is -0.605. The lowest BCUT2D eigenvalue weighted by molar-refractivity contribution is -0.134. The van der Waals surface area contributed by atoms with Crippen molar-refractivity contribution in [3.63, 3.8) is 0 Å². The summed E-state index contributed by atoms with van der Waals surface area (Å²) in [7, 11) is -1.47. The number of carbonyl (C=O) groups excluding carboxylic acids is 1. The molecule has 1 amide bonds. The summed E-state index contributed by atoms with van der Waals surface area (Å²) in [6.45, 7) is 6.26. The molecule has 0 bridgehead atoms. The van der Waals surface area contributed by atoms with Gasteiger partial charge in [0.05, 0.1) is 12.0 Å². The first-order valence-electron chi connectivity index (χ1n) is 5.67. The summed E-state index contributed by atoms with van der Waals surface area (Å²) in [5, 5.41) is 18.4. The molecule has 4 N–H and O–H groups in total. The molecule has 92 valence electrons. The summed E-state index contributed by atoms with van der Waals surface area (Å²) in [4.78, 5) is 13.6. The van der Waals surface area contributed by atoms with Crippen LogP contribution < -0.4 is 5.73 Å². The van der Waals surface area contributed by atoms with E-state index < -0.39 is 19.1 Å². The summed E-state index contributed by atoms with van der Waals surface area (Å²) in [5.74, 6) is -0.691. The standard InChI is InChI=1S/C10H21BN2O3/c1-10(2,3)8(12)9(14)13-6-4-5-7(13)11(15)16/h7-8,15-16H,4-6,12H2,1-3H3/t7?,8-/m1/s1. The molecule has 1 fully saturated rings. The van der Waals surface area contributed by atoms with Crippen LogP contribution in [-0.2, 0) is 4.79 Å². The molecule has 1 aliphatic rings. The van der Waals surface area contributed by atoms with Gasteiger partial charge in [0.15, 0.2) is 0 Å². The largest absolute Gasteiger partial charge is 0.475 e. The predicted molar refractivity (Wildman–Crippen MR) is 62.4 cm³/mol. The average molecular weight is 228 g/mol. The molecule has 0 radical (unpaired) electrons. The van der Waals surface area contributed by atoms with E-state index >= 15 is 0 Å². The van der Waals surface area contributed by atoms with E-state index in [0.29, 0.717) is 13.0 Å². The molecule has 6 heteroatoms. The van der Waals surface area contributed by atoms with E-state index in [1.165, 1.54) is 4.90 Å². The van der Waals surface area contributed by atoms with Crippen LogP contribution >= 0.6 is 0 Å². The topological polar surface area (TPSA) is 86.8 Å². The predicted octanol–water partition coefficient (Wildman–Crippen LogP) is -0.637. The molecule has 0 aromatic rings. The fraction of sp³-hybridized carbons (Fsp3) is 0.900. The Bertz CT molecular complexity index is 265. The second-order valence-electron chi connectivity index (χ2n) is 5.50. The number of amides is 1. The van der Waals surface area contributed by atoms with Crippen molar-refractivity contribution in [2.45, 2.75) is 45.6 Å². The molecule has 0 spiro atoms. The molecule has 1 unspecified atom stereocenters. The molecule has 1 heterocycles. The Morgan fingerprint density at radius 2 is 2.06 bits per heavy atom. The van der Waals surface area contributed by atoms with Gasteiger partial charge in [-0.15, -0.1) is 0 Å². The van der Waals surface area contributed by atoms with Gasteiger partial charge in [-0.05, 0) is 18.3 Å². The quantitative estimate of drug-likeness (QED) is 0.549. The van der Waals surface area contributed by atoms with E-state index in [9.17, 15) is 14.8 Å². The number of carbonyl (C=O) groups is 1. The van der Waals surface area contributed by atoms with Gasteiger partial charge in [0, 0.05) is 6.54 Å². The van der Waals surface area contributed by atoms with Crippen LogP contribution in [0, 0.1) is 5.41 Å². The minimum Gasteiger partial charge on any atom is -0.426 e. The lowest BCUT2D eigenvalue weighted by Crippen LogP contribution is -2.55. The van der Waals surface area contributed by atoms with Crippen molar-refractivity contribution in [1.29, 1.82) is 0 Å². The smallest absolute Gasteiger partial charge is 0.426 e. The van der Waals surface area contributed by atoms with Crippen molar-refractivity contribution < 1.29 is 14.8 Å². The monoisotopic (exact) mass is 228 g/mol. The van der Waals surface area contributed by atoms with Crippen molar-refractivity contribution in [1.82, 2.24) is 4.90 Å². The molecule has 16 heavy (non-hydrogen) atoms. The SMILES string of the molecule is CC(C)(C)[C@H](N)C(=O)N1CCCC1B(O)O. The zero-order chi connectivity index (χ0) is 12.5. The highest BCUT2D eigenvalue weighted by atomic mass is 16.4. The van der Waals surface area contributed by atoms with Gasteiger partial charge in [-0.2, -0.15) is 0 Å². The van der Waals surface area contributed by atoms with Gasteiger partial charge in [-0.3, -0.25) is 4.79 Å². The van der Waals surface area contributed by atoms with E-state index in [0.717, 1.165) is 6.42 Å². The normalized spacial score (nSPS) is 23.4. The minimum absolute atomic E-state index is 0.192. The van der Waals surface area contributed by atoms with E-state index in [2.05, 4.69) is 0 Å². The maximum atomic E-state index is 12.1. The lowest BCUT2D eigenvalue weighted by Gasteiger charge is -2.32. The average Bonchev–Trinajstić information content (AvgIpc) is 2.62. The van der Waals surface area contributed by atoms with Crippen LogP contribution in [0.2, 0.25) is 0 Å². The number of nitrogens with two attached hydrogens (primary N) is 1. The van der Waals surface area contributed by atoms with Gasteiger partial charge in [0.25, 0.3) is 0 Å². The molecule has 1 aliphatic heterocycles. The molecule has 0 aromatic carbocycles. The Labute approximate surface area is 96.8 Å². The molecule has 2 atom stereocenters. The van der Waals surface area contributed by atoms with Gasteiger partial charge >= 0.3 is 7.12 Å². The summed E-state index contributed by atoms with van der Waals surface area (Å²) < 4.78 is 0. The third-order valence-electron chi connectivity index (χ3n) is 3.13. The van der Waals surface area contributed by atoms with Crippen molar-refractivity contribution >= 4 is 13.0 Å². The Morgan fingerprint density at radius 3 is 2.50 bits per heavy atom. The van der Waals surface area contributed by atoms with Gasteiger partial charge in [0.2, 0.25) is 5.91 Å². The van der Waals surface area contributed by atoms with Crippen LogP contribution in [0.5, 0.6) is 0 Å². The fourth-order valence-electron chi connectivity index (χ4n) is 1.93. The second kappa shape index (κ2) is 4.73. The second-order valence-corrected chi connectivity index (χ2v) is 5.50.